The minimum Gasteiger partial charge on any atom is -0.518 e. The third-order valence-electron chi connectivity index (χ3n) is 0.457. The van der Waals surface area contributed by atoms with Gasteiger partial charge in [0.15, 0.2) is 0 Å². The van der Waals surface area contributed by atoms with Crippen LogP contribution in [-0.2, 0) is 4.65 Å². The minimum atomic E-state index is -4.49. The van der Waals surface area contributed by atoms with Crippen LogP contribution < -0.4 is 0 Å². The number of allylic oxidation sites excluding steroid dienone is 1. The number of rotatable bonds is 2. The zero-order valence-electron chi connectivity index (χ0n) is 4.67. The summed E-state index contributed by atoms with van der Waals surface area (Å²) in [4.78, 5) is 0. The second kappa shape index (κ2) is 3.48. The van der Waals surface area contributed by atoms with Gasteiger partial charge >= 0.3 is 13.5 Å². The van der Waals surface area contributed by atoms with E-state index in [1.807, 2.05) is 0 Å². The lowest BCUT2D eigenvalue weighted by atomic mass is 10.3. The largest absolute Gasteiger partial charge is 0.707 e. The molecular formula is C3H4BF3O3. The molecule has 0 aromatic heterocycles. The molecule has 7 heteroatoms. The van der Waals surface area contributed by atoms with Gasteiger partial charge in [0.1, 0.15) is 0 Å². The Balaban J connectivity index is 3.57. The molecule has 0 unspecified atom stereocenters. The molecule has 0 aliphatic heterocycles. The molecule has 0 aromatic rings. The fourth-order valence-electron chi connectivity index (χ4n) is 0.187. The van der Waals surface area contributed by atoms with Crippen LogP contribution in [0.4, 0.5) is 13.2 Å². The van der Waals surface area contributed by atoms with E-state index in [4.69, 9.17) is 10.0 Å². The van der Waals surface area contributed by atoms with E-state index in [1.54, 1.807) is 0 Å². The Morgan fingerprint density at radius 3 is 2.10 bits per heavy atom. The summed E-state index contributed by atoms with van der Waals surface area (Å²) in [6.45, 7) is 0. The number of halogens is 3. The van der Waals surface area contributed by atoms with Crippen molar-refractivity contribution in [2.45, 2.75) is 6.18 Å². The first-order valence-corrected chi connectivity index (χ1v) is 2.18. The quantitative estimate of drug-likeness (QED) is 0.438. The van der Waals surface area contributed by atoms with E-state index < -0.39 is 13.5 Å². The van der Waals surface area contributed by atoms with Crippen LogP contribution in [0, 0.1) is 0 Å². The van der Waals surface area contributed by atoms with Gasteiger partial charge in [0.2, 0.25) is 0 Å². The standard InChI is InChI=1S/C3H4BF3O3/c5-3(6,7)1-2-10-4(8)9/h1-2,8-9H. The van der Waals surface area contributed by atoms with Crippen LogP contribution in [0.5, 0.6) is 0 Å². The van der Waals surface area contributed by atoms with Gasteiger partial charge in [-0.15, -0.1) is 0 Å². The molecule has 0 aromatic carbocycles. The third-order valence-corrected chi connectivity index (χ3v) is 0.457. The van der Waals surface area contributed by atoms with Gasteiger partial charge in [-0.3, -0.25) is 0 Å². The van der Waals surface area contributed by atoms with E-state index in [1.165, 1.54) is 0 Å². The molecule has 0 radical (unpaired) electrons. The van der Waals surface area contributed by atoms with E-state index >= 15 is 0 Å². The smallest absolute Gasteiger partial charge is 0.518 e. The highest BCUT2D eigenvalue weighted by Gasteiger charge is 2.22. The normalized spacial score (nSPS) is 12.1. The summed E-state index contributed by atoms with van der Waals surface area (Å²) in [5.41, 5.74) is 0. The van der Waals surface area contributed by atoms with Gasteiger partial charge in [-0.05, 0) is 0 Å². The van der Waals surface area contributed by atoms with Crippen molar-refractivity contribution in [3.05, 3.63) is 12.3 Å². The van der Waals surface area contributed by atoms with Crippen molar-refractivity contribution in [1.29, 1.82) is 0 Å². The van der Waals surface area contributed by atoms with E-state index in [0.717, 1.165) is 0 Å². The van der Waals surface area contributed by atoms with Crippen LogP contribution in [0.25, 0.3) is 0 Å². The zero-order chi connectivity index (χ0) is 8.20. The van der Waals surface area contributed by atoms with Crippen molar-refractivity contribution >= 4 is 7.32 Å². The first-order chi connectivity index (χ1) is 4.42. The molecule has 3 nitrogen and oxygen atoms in total. The van der Waals surface area contributed by atoms with E-state index in [0.29, 0.717) is 0 Å². The Morgan fingerprint density at radius 1 is 1.30 bits per heavy atom. The van der Waals surface area contributed by atoms with Gasteiger partial charge in [0.25, 0.3) is 0 Å². The summed E-state index contributed by atoms with van der Waals surface area (Å²) < 4.78 is 37.2. The molecule has 0 heterocycles. The Labute approximate surface area is 54.9 Å². The number of alkyl halides is 3. The van der Waals surface area contributed by atoms with Crippen molar-refractivity contribution in [1.82, 2.24) is 0 Å². The van der Waals surface area contributed by atoms with Crippen LogP contribution in [-0.4, -0.2) is 23.5 Å². The second-order valence-electron chi connectivity index (χ2n) is 1.31. The molecule has 0 spiro atoms. The van der Waals surface area contributed by atoms with Gasteiger partial charge < -0.3 is 14.7 Å². The van der Waals surface area contributed by atoms with Gasteiger partial charge in [-0.1, -0.05) is 0 Å². The van der Waals surface area contributed by atoms with Crippen LogP contribution in [0.3, 0.4) is 0 Å². The lowest BCUT2D eigenvalue weighted by Crippen LogP contribution is -2.13. The number of hydrogen-bond acceptors (Lipinski definition) is 3. The topological polar surface area (TPSA) is 49.7 Å². The average molecular weight is 156 g/mol. The zero-order valence-corrected chi connectivity index (χ0v) is 4.67. The molecule has 0 rings (SSSR count). The lowest BCUT2D eigenvalue weighted by Gasteiger charge is -1.98. The number of hydrogen-bond donors (Lipinski definition) is 2. The SMILES string of the molecule is OB(O)OC=CC(F)(F)F. The Hall–Kier alpha value is -0.685. The van der Waals surface area contributed by atoms with Gasteiger partial charge in [0, 0.05) is 0 Å². The molecule has 0 atom stereocenters. The van der Waals surface area contributed by atoms with Crippen molar-refractivity contribution in [2.75, 3.05) is 0 Å². The van der Waals surface area contributed by atoms with Crippen molar-refractivity contribution < 1.29 is 27.9 Å². The highest BCUT2D eigenvalue weighted by molar-refractivity contribution is 6.32. The van der Waals surface area contributed by atoms with E-state index in [9.17, 15) is 13.2 Å². The summed E-state index contributed by atoms with van der Waals surface area (Å²) in [5, 5.41) is 15.7. The monoisotopic (exact) mass is 156 g/mol. The van der Waals surface area contributed by atoms with E-state index in [-0.39, 0.29) is 12.3 Å². The molecule has 0 aliphatic rings. The fourth-order valence-corrected chi connectivity index (χ4v) is 0.187. The van der Waals surface area contributed by atoms with Crippen LogP contribution in [0.2, 0.25) is 0 Å². The van der Waals surface area contributed by atoms with Gasteiger partial charge in [0.05, 0.1) is 12.3 Å². The van der Waals surface area contributed by atoms with Crippen molar-refractivity contribution in [2.24, 2.45) is 0 Å². The predicted molar refractivity (Wildman–Crippen MR) is 26.5 cm³/mol. The van der Waals surface area contributed by atoms with Gasteiger partial charge in [-0.2, -0.15) is 13.2 Å². The first kappa shape index (κ1) is 9.31. The highest BCUT2D eigenvalue weighted by atomic mass is 19.4. The summed E-state index contributed by atoms with van der Waals surface area (Å²) in [7, 11) is -2.21. The molecule has 58 valence electrons. The maximum Gasteiger partial charge on any atom is 0.707 e. The molecule has 0 amide bonds. The van der Waals surface area contributed by atoms with E-state index in [2.05, 4.69) is 4.65 Å². The summed E-state index contributed by atoms with van der Waals surface area (Å²) in [5.74, 6) is 0. The Bertz CT molecular complexity index is 121. The predicted octanol–water partition coefficient (Wildman–Crippen LogP) is 0.0485. The average Bonchev–Trinajstić information content (AvgIpc) is 1.59. The summed E-state index contributed by atoms with van der Waals surface area (Å²) >= 11 is 0. The van der Waals surface area contributed by atoms with Crippen molar-refractivity contribution in [3.63, 3.8) is 0 Å². The molecule has 0 saturated heterocycles. The first-order valence-electron chi connectivity index (χ1n) is 2.18. The lowest BCUT2D eigenvalue weighted by molar-refractivity contribution is -0.0810. The molecule has 0 aliphatic carbocycles. The highest BCUT2D eigenvalue weighted by Crippen LogP contribution is 2.15. The molecule has 10 heavy (non-hydrogen) atoms. The van der Waals surface area contributed by atoms with Crippen LogP contribution in [0.15, 0.2) is 12.3 Å². The second-order valence-corrected chi connectivity index (χ2v) is 1.31. The molecule has 2 N–H and O–H groups in total. The Morgan fingerprint density at radius 2 is 1.80 bits per heavy atom. The summed E-state index contributed by atoms with van der Waals surface area (Å²) in [6, 6.07) is 0. The maximum absolute atomic E-state index is 11.2. The molecule has 0 saturated carbocycles. The summed E-state index contributed by atoms with van der Waals surface area (Å²) in [6.07, 6.45) is -4.59. The molecule has 0 bridgehead atoms. The van der Waals surface area contributed by atoms with Gasteiger partial charge in [-0.25, -0.2) is 0 Å². The fraction of sp³-hybridized carbons (Fsp3) is 0.333. The van der Waals surface area contributed by atoms with Crippen LogP contribution in [0.1, 0.15) is 0 Å². The maximum atomic E-state index is 11.2. The van der Waals surface area contributed by atoms with Crippen molar-refractivity contribution in [3.8, 4) is 0 Å². The Kier molecular flexibility index (Phi) is 3.24. The third kappa shape index (κ3) is 7.31. The van der Waals surface area contributed by atoms with Crippen LogP contribution >= 0.6 is 0 Å². The molecular weight excluding hydrogens is 152 g/mol. The molecule has 0 fully saturated rings. The minimum absolute atomic E-state index is 0.157.